The third kappa shape index (κ3) is 2.84. The third-order valence-electron chi connectivity index (χ3n) is 2.49. The summed E-state index contributed by atoms with van der Waals surface area (Å²) in [6.07, 6.45) is 2.60. The number of carbonyl (C=O) groups excluding carboxylic acids is 1. The summed E-state index contributed by atoms with van der Waals surface area (Å²) in [5.74, 6) is -0.0469. The van der Waals surface area contributed by atoms with Crippen molar-refractivity contribution in [3.8, 4) is 0 Å². The maximum Gasteiger partial charge on any atom is 0.311 e. The fourth-order valence-electron chi connectivity index (χ4n) is 0.908. The van der Waals surface area contributed by atoms with E-state index in [1.807, 2.05) is 27.7 Å². The first-order chi connectivity index (χ1) is 5.60. The molecule has 72 valence electrons. The predicted octanol–water partition coefficient (Wildman–Crippen LogP) is 2.77. The van der Waals surface area contributed by atoms with E-state index in [1.165, 1.54) is 0 Å². The summed E-state index contributed by atoms with van der Waals surface area (Å²) in [6.45, 7) is 8.56. The van der Waals surface area contributed by atoms with E-state index in [0.717, 1.165) is 19.3 Å². The zero-order chi connectivity index (χ0) is 9.61. The molecule has 0 spiro atoms. The Labute approximate surface area is 75.3 Å². The van der Waals surface area contributed by atoms with Crippen LogP contribution in [-0.4, -0.2) is 12.6 Å². The van der Waals surface area contributed by atoms with E-state index in [1.54, 1.807) is 0 Å². The van der Waals surface area contributed by atoms with Crippen LogP contribution in [0, 0.1) is 5.41 Å². The molecule has 0 aliphatic carbocycles. The second kappa shape index (κ2) is 5.18. The summed E-state index contributed by atoms with van der Waals surface area (Å²) in [5.41, 5.74) is -0.269. The summed E-state index contributed by atoms with van der Waals surface area (Å²) in [6, 6.07) is 0. The average Bonchev–Trinajstić information content (AvgIpc) is 2.12. The highest BCUT2D eigenvalue weighted by Crippen LogP contribution is 2.26. The lowest BCUT2D eigenvalue weighted by Gasteiger charge is -2.23. The molecule has 0 saturated carbocycles. The van der Waals surface area contributed by atoms with Crippen LogP contribution in [0.15, 0.2) is 0 Å². The monoisotopic (exact) mass is 172 g/mol. The third-order valence-corrected chi connectivity index (χ3v) is 2.49. The van der Waals surface area contributed by atoms with Gasteiger partial charge >= 0.3 is 5.97 Å². The Kier molecular flexibility index (Phi) is 4.95. The minimum atomic E-state index is -0.269. The van der Waals surface area contributed by atoms with Crippen LogP contribution in [0.5, 0.6) is 0 Å². The molecule has 0 aromatic heterocycles. The molecule has 0 N–H and O–H groups in total. The molecule has 0 radical (unpaired) electrons. The van der Waals surface area contributed by atoms with Crippen molar-refractivity contribution in [2.24, 2.45) is 5.41 Å². The molecule has 0 aromatic rings. The highest BCUT2D eigenvalue weighted by atomic mass is 16.5. The van der Waals surface area contributed by atoms with E-state index >= 15 is 0 Å². The lowest BCUT2D eigenvalue weighted by atomic mass is 9.85. The molecule has 0 aliphatic heterocycles. The van der Waals surface area contributed by atoms with Crippen LogP contribution in [0.3, 0.4) is 0 Å². The molecular formula is C10H20O2. The van der Waals surface area contributed by atoms with Crippen molar-refractivity contribution >= 4 is 5.97 Å². The van der Waals surface area contributed by atoms with Crippen molar-refractivity contribution in [1.82, 2.24) is 0 Å². The van der Waals surface area contributed by atoms with E-state index in [-0.39, 0.29) is 11.4 Å². The van der Waals surface area contributed by atoms with Gasteiger partial charge in [-0.25, -0.2) is 0 Å². The Balaban J connectivity index is 4.03. The quantitative estimate of drug-likeness (QED) is 0.596. The van der Waals surface area contributed by atoms with Gasteiger partial charge in [-0.15, -0.1) is 0 Å². The second-order valence-corrected chi connectivity index (χ2v) is 3.40. The number of carbonyl (C=O) groups is 1. The van der Waals surface area contributed by atoms with E-state index in [0.29, 0.717) is 6.61 Å². The van der Waals surface area contributed by atoms with Crippen molar-refractivity contribution in [3.63, 3.8) is 0 Å². The highest BCUT2D eigenvalue weighted by Gasteiger charge is 2.30. The zero-order valence-corrected chi connectivity index (χ0v) is 8.64. The van der Waals surface area contributed by atoms with Crippen LogP contribution >= 0.6 is 0 Å². The minimum Gasteiger partial charge on any atom is -0.465 e. The highest BCUT2D eigenvalue weighted by molar-refractivity contribution is 5.76. The average molecular weight is 172 g/mol. The molecule has 0 bridgehead atoms. The van der Waals surface area contributed by atoms with Crippen LogP contribution in [-0.2, 0) is 9.53 Å². The summed E-state index contributed by atoms with van der Waals surface area (Å²) in [7, 11) is 0. The van der Waals surface area contributed by atoms with Crippen LogP contribution in [0.4, 0.5) is 0 Å². The smallest absolute Gasteiger partial charge is 0.311 e. The van der Waals surface area contributed by atoms with E-state index in [2.05, 4.69) is 0 Å². The number of rotatable bonds is 5. The standard InChI is InChI=1S/C10H20O2/c1-5-8-12-9(11)10(4,6-2)7-3/h5-8H2,1-4H3. The van der Waals surface area contributed by atoms with Crippen LogP contribution in [0.25, 0.3) is 0 Å². The van der Waals surface area contributed by atoms with E-state index < -0.39 is 0 Å². The molecule has 12 heavy (non-hydrogen) atoms. The molecule has 0 fully saturated rings. The molecule has 0 atom stereocenters. The van der Waals surface area contributed by atoms with Crippen LogP contribution < -0.4 is 0 Å². The van der Waals surface area contributed by atoms with Gasteiger partial charge in [0.05, 0.1) is 12.0 Å². The molecule has 2 nitrogen and oxygen atoms in total. The number of ether oxygens (including phenoxy) is 1. The topological polar surface area (TPSA) is 26.3 Å². The first-order valence-corrected chi connectivity index (χ1v) is 4.78. The van der Waals surface area contributed by atoms with Gasteiger partial charge in [0.1, 0.15) is 0 Å². The predicted molar refractivity (Wildman–Crippen MR) is 49.9 cm³/mol. The van der Waals surface area contributed by atoms with Crippen molar-refractivity contribution < 1.29 is 9.53 Å². The van der Waals surface area contributed by atoms with Crippen molar-refractivity contribution in [2.75, 3.05) is 6.61 Å². The zero-order valence-electron chi connectivity index (χ0n) is 8.64. The lowest BCUT2D eigenvalue weighted by Crippen LogP contribution is -2.28. The molecule has 0 amide bonds. The van der Waals surface area contributed by atoms with Crippen molar-refractivity contribution in [1.29, 1.82) is 0 Å². The Morgan fingerprint density at radius 1 is 1.25 bits per heavy atom. The lowest BCUT2D eigenvalue weighted by molar-refractivity contribution is -0.155. The van der Waals surface area contributed by atoms with E-state index in [9.17, 15) is 4.79 Å². The molecule has 0 saturated heterocycles. The van der Waals surface area contributed by atoms with Gasteiger partial charge in [0.2, 0.25) is 0 Å². The fraction of sp³-hybridized carbons (Fsp3) is 0.900. The molecule has 0 unspecified atom stereocenters. The minimum absolute atomic E-state index is 0.0469. The number of hydrogen-bond donors (Lipinski definition) is 0. The number of hydrogen-bond acceptors (Lipinski definition) is 2. The van der Waals surface area contributed by atoms with Gasteiger partial charge in [-0.2, -0.15) is 0 Å². The molecule has 0 heterocycles. The van der Waals surface area contributed by atoms with Gasteiger partial charge in [0, 0.05) is 0 Å². The summed E-state index contributed by atoms with van der Waals surface area (Å²) < 4.78 is 5.10. The summed E-state index contributed by atoms with van der Waals surface area (Å²) in [4.78, 5) is 11.5. The van der Waals surface area contributed by atoms with Crippen LogP contribution in [0.2, 0.25) is 0 Å². The maximum absolute atomic E-state index is 11.5. The Bertz CT molecular complexity index is 137. The van der Waals surface area contributed by atoms with Gasteiger partial charge in [0.25, 0.3) is 0 Å². The van der Waals surface area contributed by atoms with Gasteiger partial charge in [-0.3, -0.25) is 4.79 Å². The van der Waals surface area contributed by atoms with Crippen molar-refractivity contribution in [3.05, 3.63) is 0 Å². The summed E-state index contributed by atoms with van der Waals surface area (Å²) >= 11 is 0. The van der Waals surface area contributed by atoms with Gasteiger partial charge in [-0.05, 0) is 26.2 Å². The molecule has 0 aromatic carbocycles. The molecular weight excluding hydrogens is 152 g/mol. The molecule has 0 rings (SSSR count). The summed E-state index contributed by atoms with van der Waals surface area (Å²) in [5, 5.41) is 0. The number of esters is 1. The fourth-order valence-corrected chi connectivity index (χ4v) is 0.908. The molecule has 2 heteroatoms. The van der Waals surface area contributed by atoms with Crippen molar-refractivity contribution in [2.45, 2.75) is 47.0 Å². The Morgan fingerprint density at radius 2 is 1.75 bits per heavy atom. The maximum atomic E-state index is 11.5. The van der Waals surface area contributed by atoms with Gasteiger partial charge in [-0.1, -0.05) is 20.8 Å². The first kappa shape index (κ1) is 11.5. The van der Waals surface area contributed by atoms with Gasteiger partial charge < -0.3 is 4.74 Å². The second-order valence-electron chi connectivity index (χ2n) is 3.40. The Hall–Kier alpha value is -0.530. The first-order valence-electron chi connectivity index (χ1n) is 4.78. The molecule has 0 aliphatic rings. The SMILES string of the molecule is CCCOC(=O)C(C)(CC)CC. The Morgan fingerprint density at radius 3 is 2.08 bits per heavy atom. The van der Waals surface area contributed by atoms with Crippen LogP contribution in [0.1, 0.15) is 47.0 Å². The largest absolute Gasteiger partial charge is 0.465 e. The van der Waals surface area contributed by atoms with E-state index in [4.69, 9.17) is 4.74 Å². The normalized spacial score (nSPS) is 11.3. The van der Waals surface area contributed by atoms with Gasteiger partial charge in [0.15, 0.2) is 0 Å².